The van der Waals surface area contributed by atoms with E-state index in [1.165, 1.54) is 0 Å². The van der Waals surface area contributed by atoms with Crippen molar-refractivity contribution in [2.24, 2.45) is 0 Å². The van der Waals surface area contributed by atoms with Crippen LogP contribution in [0.3, 0.4) is 0 Å². The molecular formula is C24H21ClN4O. The maximum Gasteiger partial charge on any atom is 0.224 e. The summed E-state index contributed by atoms with van der Waals surface area (Å²) in [4.78, 5) is 16.9. The van der Waals surface area contributed by atoms with Gasteiger partial charge in [0.25, 0.3) is 0 Å². The van der Waals surface area contributed by atoms with Crippen molar-refractivity contribution < 1.29 is 4.79 Å². The fraction of sp³-hybridized carbons (Fsp3) is 0.125. The van der Waals surface area contributed by atoms with E-state index in [-0.39, 0.29) is 12.3 Å². The number of pyridine rings is 1. The molecule has 2 aromatic heterocycles. The number of para-hydroxylation sites is 1. The number of halogens is 1. The van der Waals surface area contributed by atoms with Gasteiger partial charge in [-0.15, -0.1) is 0 Å². The molecule has 4 rings (SSSR count). The highest BCUT2D eigenvalue weighted by molar-refractivity contribution is 6.30. The molecule has 4 aromatic rings. The van der Waals surface area contributed by atoms with Crippen LogP contribution in [0.1, 0.15) is 11.3 Å². The molecule has 0 spiro atoms. The number of carbonyl (C=O) groups is 1. The van der Waals surface area contributed by atoms with E-state index in [0.717, 1.165) is 28.2 Å². The molecule has 2 heterocycles. The van der Waals surface area contributed by atoms with Crippen LogP contribution < -0.4 is 5.32 Å². The number of rotatable bonds is 7. The first kappa shape index (κ1) is 19.9. The third-order valence-corrected chi connectivity index (χ3v) is 4.96. The first-order valence-electron chi connectivity index (χ1n) is 9.75. The van der Waals surface area contributed by atoms with Gasteiger partial charge in [0.05, 0.1) is 17.8 Å². The van der Waals surface area contributed by atoms with Crippen molar-refractivity contribution in [3.8, 4) is 16.9 Å². The maximum absolute atomic E-state index is 12.6. The lowest BCUT2D eigenvalue weighted by molar-refractivity contribution is -0.120. The fourth-order valence-electron chi connectivity index (χ4n) is 3.21. The number of aromatic nitrogens is 3. The van der Waals surface area contributed by atoms with Crippen LogP contribution in [0.2, 0.25) is 5.02 Å². The van der Waals surface area contributed by atoms with Crippen molar-refractivity contribution in [2.45, 2.75) is 12.8 Å². The highest BCUT2D eigenvalue weighted by Gasteiger charge is 2.15. The van der Waals surface area contributed by atoms with Crippen LogP contribution in [0.15, 0.2) is 85.2 Å². The van der Waals surface area contributed by atoms with E-state index in [1.807, 2.05) is 79.0 Å². The minimum Gasteiger partial charge on any atom is -0.355 e. The summed E-state index contributed by atoms with van der Waals surface area (Å²) in [6.07, 6.45) is 4.61. The van der Waals surface area contributed by atoms with Gasteiger partial charge < -0.3 is 5.32 Å². The molecule has 0 radical (unpaired) electrons. The summed E-state index contributed by atoms with van der Waals surface area (Å²) in [5, 5.41) is 8.39. The van der Waals surface area contributed by atoms with Crippen LogP contribution in [-0.4, -0.2) is 27.2 Å². The van der Waals surface area contributed by atoms with Gasteiger partial charge in [-0.3, -0.25) is 9.78 Å². The summed E-state index contributed by atoms with van der Waals surface area (Å²) in [6.45, 7) is 0.541. The van der Waals surface area contributed by atoms with Gasteiger partial charge in [0.1, 0.15) is 0 Å². The van der Waals surface area contributed by atoms with Crippen molar-refractivity contribution in [1.29, 1.82) is 0 Å². The van der Waals surface area contributed by atoms with Crippen molar-refractivity contribution in [2.75, 3.05) is 6.54 Å². The summed E-state index contributed by atoms with van der Waals surface area (Å²) in [7, 11) is 0. The van der Waals surface area contributed by atoms with Gasteiger partial charge in [-0.1, -0.05) is 48.0 Å². The van der Waals surface area contributed by atoms with Crippen molar-refractivity contribution in [1.82, 2.24) is 20.1 Å². The van der Waals surface area contributed by atoms with Gasteiger partial charge in [0.2, 0.25) is 5.91 Å². The molecule has 0 aliphatic heterocycles. The average Bonchev–Trinajstić information content (AvgIpc) is 3.19. The number of nitrogens with zero attached hydrogens (tertiary/aromatic N) is 3. The fourth-order valence-corrected chi connectivity index (χ4v) is 3.34. The predicted octanol–water partition coefficient (Wildman–Crippen LogP) is 4.49. The molecule has 0 aliphatic rings. The summed E-state index contributed by atoms with van der Waals surface area (Å²) >= 11 is 6.04. The van der Waals surface area contributed by atoms with E-state index in [0.29, 0.717) is 18.0 Å². The Bertz CT molecular complexity index is 1110. The van der Waals surface area contributed by atoms with Gasteiger partial charge in [0.15, 0.2) is 0 Å². The summed E-state index contributed by atoms with van der Waals surface area (Å²) in [6, 6.07) is 23.1. The summed E-state index contributed by atoms with van der Waals surface area (Å²) < 4.78 is 1.81. The second-order valence-electron chi connectivity index (χ2n) is 6.89. The number of carbonyl (C=O) groups excluding carboxylic acids is 1. The molecule has 150 valence electrons. The molecule has 0 atom stereocenters. The number of nitrogens with one attached hydrogen (secondary N) is 1. The van der Waals surface area contributed by atoms with E-state index in [4.69, 9.17) is 16.7 Å². The number of amides is 1. The Morgan fingerprint density at radius 1 is 0.967 bits per heavy atom. The lowest BCUT2D eigenvalue weighted by Gasteiger charge is -2.06. The van der Waals surface area contributed by atoms with Gasteiger partial charge >= 0.3 is 0 Å². The van der Waals surface area contributed by atoms with E-state index in [1.54, 1.807) is 10.9 Å². The smallest absolute Gasteiger partial charge is 0.224 e. The number of hydrogen-bond acceptors (Lipinski definition) is 3. The van der Waals surface area contributed by atoms with E-state index < -0.39 is 0 Å². The molecule has 30 heavy (non-hydrogen) atoms. The van der Waals surface area contributed by atoms with Crippen LogP contribution in [0, 0.1) is 0 Å². The lowest BCUT2D eigenvalue weighted by atomic mass is 10.1. The molecule has 0 saturated carbocycles. The second kappa shape index (κ2) is 9.37. The molecule has 1 amide bonds. The minimum absolute atomic E-state index is 0.0474. The molecule has 5 nitrogen and oxygen atoms in total. The van der Waals surface area contributed by atoms with Crippen LogP contribution in [0.5, 0.6) is 0 Å². The average molecular weight is 417 g/mol. The highest BCUT2D eigenvalue weighted by Crippen LogP contribution is 2.25. The topological polar surface area (TPSA) is 59.8 Å². The van der Waals surface area contributed by atoms with Gasteiger partial charge in [-0.2, -0.15) is 5.10 Å². The van der Waals surface area contributed by atoms with Crippen molar-refractivity contribution in [3.63, 3.8) is 0 Å². The zero-order valence-corrected chi connectivity index (χ0v) is 17.1. The van der Waals surface area contributed by atoms with E-state index in [9.17, 15) is 4.79 Å². The quantitative estimate of drug-likeness (QED) is 0.483. The molecule has 0 saturated heterocycles. The molecular weight excluding hydrogens is 396 g/mol. The van der Waals surface area contributed by atoms with E-state index >= 15 is 0 Å². The zero-order valence-electron chi connectivity index (χ0n) is 16.3. The standard InChI is InChI=1S/C24H21ClN4O/c25-20-11-9-18(10-12-20)24-19(17-29(28-24)22-7-2-1-3-8-22)16-23(30)27-15-13-21-6-4-5-14-26-21/h1-12,14,17H,13,15-16H2,(H,27,30). The number of benzene rings is 2. The first-order valence-corrected chi connectivity index (χ1v) is 10.1. The number of hydrogen-bond donors (Lipinski definition) is 1. The maximum atomic E-state index is 12.6. The molecule has 1 N–H and O–H groups in total. The zero-order chi connectivity index (χ0) is 20.8. The normalized spacial score (nSPS) is 10.7. The molecule has 2 aromatic carbocycles. The Hall–Kier alpha value is -3.44. The lowest BCUT2D eigenvalue weighted by Crippen LogP contribution is -2.27. The Labute approximate surface area is 180 Å². The monoisotopic (exact) mass is 416 g/mol. The Kier molecular flexibility index (Phi) is 6.20. The molecule has 0 aliphatic carbocycles. The van der Waals surface area contributed by atoms with Crippen molar-refractivity contribution in [3.05, 3.63) is 101 Å². The van der Waals surface area contributed by atoms with Crippen LogP contribution in [0.4, 0.5) is 0 Å². The Morgan fingerprint density at radius 2 is 1.73 bits per heavy atom. The van der Waals surface area contributed by atoms with Gasteiger partial charge in [-0.05, 0) is 36.4 Å². The molecule has 0 bridgehead atoms. The first-order chi connectivity index (χ1) is 14.7. The van der Waals surface area contributed by atoms with E-state index in [2.05, 4.69) is 10.3 Å². The Morgan fingerprint density at radius 3 is 2.47 bits per heavy atom. The highest BCUT2D eigenvalue weighted by atomic mass is 35.5. The Balaban J connectivity index is 1.52. The van der Waals surface area contributed by atoms with Crippen LogP contribution >= 0.6 is 11.6 Å². The molecule has 6 heteroatoms. The van der Waals surface area contributed by atoms with Crippen molar-refractivity contribution >= 4 is 17.5 Å². The van der Waals surface area contributed by atoms with Gasteiger partial charge in [0, 0.05) is 47.2 Å². The predicted molar refractivity (Wildman–Crippen MR) is 119 cm³/mol. The molecule has 0 fully saturated rings. The third-order valence-electron chi connectivity index (χ3n) is 4.71. The third kappa shape index (κ3) is 4.93. The summed E-state index contributed by atoms with van der Waals surface area (Å²) in [5.74, 6) is -0.0474. The minimum atomic E-state index is -0.0474. The van der Waals surface area contributed by atoms with Gasteiger partial charge in [-0.25, -0.2) is 4.68 Å². The van der Waals surface area contributed by atoms with Crippen LogP contribution in [-0.2, 0) is 17.6 Å². The SMILES string of the molecule is O=C(Cc1cn(-c2ccccc2)nc1-c1ccc(Cl)cc1)NCCc1ccccn1. The summed E-state index contributed by atoms with van der Waals surface area (Å²) in [5.41, 5.74) is 4.45. The largest absolute Gasteiger partial charge is 0.355 e. The second-order valence-corrected chi connectivity index (χ2v) is 7.32. The molecule has 0 unspecified atom stereocenters. The van der Waals surface area contributed by atoms with Crippen LogP contribution in [0.25, 0.3) is 16.9 Å².